The number of pyridine rings is 2. The Morgan fingerprint density at radius 3 is 2.88 bits per heavy atom. The molecule has 4 aromatic heterocycles. The number of fused-ring (bicyclic) bond motifs is 1. The van der Waals surface area contributed by atoms with Crippen molar-refractivity contribution >= 4 is 28.6 Å². The number of halogens is 1. The van der Waals surface area contributed by atoms with Gasteiger partial charge in [-0.15, -0.1) is 0 Å². The summed E-state index contributed by atoms with van der Waals surface area (Å²) in [5, 5.41) is 4.29. The molecular formula is C22H24ClN7O3. The van der Waals surface area contributed by atoms with Crippen LogP contribution in [0.1, 0.15) is 26.7 Å². The first kappa shape index (κ1) is 21.6. The Kier molecular flexibility index (Phi) is 5.63. The summed E-state index contributed by atoms with van der Waals surface area (Å²) in [7, 11) is 1.98. The number of nitrogens with one attached hydrogen (secondary N) is 1. The Morgan fingerprint density at radius 2 is 2.15 bits per heavy atom. The zero-order valence-corrected chi connectivity index (χ0v) is 19.3. The number of rotatable bonds is 6. The van der Waals surface area contributed by atoms with Crippen molar-refractivity contribution in [2.24, 2.45) is 7.05 Å². The molecule has 11 heteroatoms. The maximum absolute atomic E-state index is 11.5. The van der Waals surface area contributed by atoms with Gasteiger partial charge in [-0.05, 0) is 38.8 Å². The molecule has 4 aromatic rings. The van der Waals surface area contributed by atoms with E-state index in [4.69, 9.17) is 26.3 Å². The topological polar surface area (TPSA) is 115 Å². The normalized spacial score (nSPS) is 16.4. The number of anilines is 1. The number of imidazole rings is 1. The molecule has 1 unspecified atom stereocenters. The molecule has 33 heavy (non-hydrogen) atoms. The van der Waals surface area contributed by atoms with E-state index in [2.05, 4.69) is 24.5 Å². The first-order chi connectivity index (χ1) is 15.9. The van der Waals surface area contributed by atoms with E-state index in [0.717, 1.165) is 36.4 Å². The van der Waals surface area contributed by atoms with Crippen LogP contribution in [0.2, 0.25) is 5.02 Å². The molecule has 1 N–H and O–H groups in total. The average Bonchev–Trinajstić information content (AvgIpc) is 3.50. The summed E-state index contributed by atoms with van der Waals surface area (Å²) in [6, 6.07) is 3.84. The van der Waals surface area contributed by atoms with Gasteiger partial charge < -0.3 is 14.2 Å². The van der Waals surface area contributed by atoms with Gasteiger partial charge in [0.15, 0.2) is 0 Å². The minimum atomic E-state index is -0.648. The maximum Gasteiger partial charge on any atom is 0.439 e. The fraction of sp³-hybridized carbons (Fsp3) is 0.409. The quantitative estimate of drug-likeness (QED) is 0.456. The van der Waals surface area contributed by atoms with Crippen molar-refractivity contribution in [2.75, 3.05) is 18.1 Å². The molecule has 0 saturated carbocycles. The molecule has 0 radical (unpaired) electrons. The van der Waals surface area contributed by atoms with Crippen molar-refractivity contribution < 1.29 is 9.26 Å². The number of hydrogen-bond acceptors (Lipinski definition) is 8. The van der Waals surface area contributed by atoms with Crippen molar-refractivity contribution in [3.8, 4) is 22.8 Å². The van der Waals surface area contributed by atoms with Crippen LogP contribution in [0.4, 0.5) is 5.95 Å². The lowest BCUT2D eigenvalue weighted by atomic mass is 10.1. The van der Waals surface area contributed by atoms with Crippen LogP contribution < -0.4 is 10.7 Å². The largest absolute Gasteiger partial charge is 0.439 e. The van der Waals surface area contributed by atoms with Gasteiger partial charge in [-0.2, -0.15) is 0 Å². The minimum Gasteiger partial charge on any atom is -0.377 e. The number of aromatic nitrogens is 6. The van der Waals surface area contributed by atoms with Gasteiger partial charge in [0.2, 0.25) is 11.8 Å². The first-order valence-electron chi connectivity index (χ1n) is 10.8. The van der Waals surface area contributed by atoms with Gasteiger partial charge in [0.05, 0.1) is 40.5 Å². The Bertz CT molecular complexity index is 1360. The second-order valence-corrected chi connectivity index (χ2v) is 8.84. The Hall–Kier alpha value is -3.24. The van der Waals surface area contributed by atoms with Gasteiger partial charge in [0.25, 0.3) is 0 Å². The standard InChI is InChI=1S/C22H24ClN7O3/c1-12(2)32-11-15-5-4-6-30(15)21-26-16-8-17(20-27-22(31)33-28-20)25-18(19(16)29(21)3)13-7-14(23)10-24-9-13/h7-10,12,15H,4-6,11H2,1-3H3,(H,27,28,31). The highest BCUT2D eigenvalue weighted by atomic mass is 35.5. The third kappa shape index (κ3) is 4.11. The third-order valence-electron chi connectivity index (χ3n) is 5.75. The molecule has 5 heterocycles. The van der Waals surface area contributed by atoms with Crippen LogP contribution in [0.3, 0.4) is 0 Å². The predicted molar refractivity (Wildman–Crippen MR) is 124 cm³/mol. The van der Waals surface area contributed by atoms with Crippen molar-refractivity contribution in [2.45, 2.75) is 38.8 Å². The molecule has 1 fully saturated rings. The molecule has 0 bridgehead atoms. The van der Waals surface area contributed by atoms with E-state index in [-0.39, 0.29) is 18.0 Å². The number of nitrogens with zero attached hydrogens (tertiary/aromatic N) is 6. The van der Waals surface area contributed by atoms with Crippen molar-refractivity contribution in [3.05, 3.63) is 40.1 Å². The summed E-state index contributed by atoms with van der Waals surface area (Å²) in [5.74, 6) is 0.419. The van der Waals surface area contributed by atoms with Gasteiger partial charge in [-0.25, -0.2) is 14.8 Å². The van der Waals surface area contributed by atoms with Crippen LogP contribution in [0.15, 0.2) is 33.8 Å². The second kappa shape index (κ2) is 8.60. The minimum absolute atomic E-state index is 0.172. The molecule has 1 aliphatic rings. The second-order valence-electron chi connectivity index (χ2n) is 8.40. The van der Waals surface area contributed by atoms with Crippen LogP contribution in [0.25, 0.3) is 33.8 Å². The van der Waals surface area contributed by atoms with E-state index in [1.807, 2.05) is 25.5 Å². The monoisotopic (exact) mass is 469 g/mol. The first-order valence-corrected chi connectivity index (χ1v) is 11.2. The van der Waals surface area contributed by atoms with Crippen LogP contribution >= 0.6 is 11.6 Å². The van der Waals surface area contributed by atoms with Crippen molar-refractivity contribution in [3.63, 3.8) is 0 Å². The third-order valence-corrected chi connectivity index (χ3v) is 5.95. The number of aromatic amines is 1. The maximum atomic E-state index is 11.5. The Balaban J connectivity index is 1.67. The number of ether oxygens (including phenoxy) is 1. The molecule has 0 aliphatic carbocycles. The van der Waals surface area contributed by atoms with Crippen LogP contribution in [0, 0.1) is 0 Å². The fourth-order valence-electron chi connectivity index (χ4n) is 4.26. The summed E-state index contributed by atoms with van der Waals surface area (Å²) < 4.78 is 12.6. The molecule has 10 nitrogen and oxygen atoms in total. The molecule has 5 rings (SSSR count). The van der Waals surface area contributed by atoms with E-state index >= 15 is 0 Å². The van der Waals surface area contributed by atoms with Crippen LogP contribution in [-0.4, -0.2) is 55.0 Å². The van der Waals surface area contributed by atoms with E-state index in [9.17, 15) is 4.79 Å². The molecule has 0 amide bonds. The van der Waals surface area contributed by atoms with Crippen molar-refractivity contribution in [1.29, 1.82) is 0 Å². The Morgan fingerprint density at radius 1 is 1.30 bits per heavy atom. The molecule has 0 aromatic carbocycles. The number of hydrogen-bond donors (Lipinski definition) is 1. The summed E-state index contributed by atoms with van der Waals surface area (Å²) in [5.41, 5.74) is 3.35. The average molecular weight is 470 g/mol. The van der Waals surface area contributed by atoms with Crippen molar-refractivity contribution in [1.82, 2.24) is 29.7 Å². The summed E-state index contributed by atoms with van der Waals surface area (Å²) >= 11 is 6.22. The SMILES string of the molecule is CC(C)OCC1CCCN1c1nc2cc(-c3noc(=O)[nH]3)nc(-c3cncc(Cl)c3)c2n1C. The van der Waals surface area contributed by atoms with Gasteiger partial charge in [-0.1, -0.05) is 16.8 Å². The summed E-state index contributed by atoms with van der Waals surface area (Å²) in [6.07, 6.45) is 5.56. The highest BCUT2D eigenvalue weighted by Gasteiger charge is 2.30. The zero-order chi connectivity index (χ0) is 23.1. The lowest BCUT2D eigenvalue weighted by molar-refractivity contribution is 0.0688. The van der Waals surface area contributed by atoms with Crippen LogP contribution in [-0.2, 0) is 11.8 Å². The molecule has 1 atom stereocenters. The fourth-order valence-corrected chi connectivity index (χ4v) is 4.43. The lowest BCUT2D eigenvalue weighted by Gasteiger charge is -2.26. The van der Waals surface area contributed by atoms with Gasteiger partial charge in [-0.3, -0.25) is 14.5 Å². The Labute approximate surface area is 194 Å². The summed E-state index contributed by atoms with van der Waals surface area (Å²) in [4.78, 5) is 30.3. The number of aryl methyl sites for hydroxylation is 1. The smallest absolute Gasteiger partial charge is 0.377 e. The zero-order valence-electron chi connectivity index (χ0n) is 18.6. The van der Waals surface area contributed by atoms with E-state index < -0.39 is 5.76 Å². The van der Waals surface area contributed by atoms with Gasteiger partial charge in [0, 0.05) is 31.5 Å². The molecule has 0 spiro atoms. The number of H-pyrrole nitrogens is 1. The van der Waals surface area contributed by atoms with Crippen LogP contribution in [0.5, 0.6) is 0 Å². The van der Waals surface area contributed by atoms with E-state index in [1.165, 1.54) is 0 Å². The highest BCUT2D eigenvalue weighted by molar-refractivity contribution is 6.30. The van der Waals surface area contributed by atoms with Gasteiger partial charge >= 0.3 is 5.76 Å². The van der Waals surface area contributed by atoms with E-state index in [1.54, 1.807) is 24.5 Å². The highest BCUT2D eigenvalue weighted by Crippen LogP contribution is 2.35. The lowest BCUT2D eigenvalue weighted by Crippen LogP contribution is -2.35. The molecular weight excluding hydrogens is 446 g/mol. The molecule has 1 saturated heterocycles. The summed E-state index contributed by atoms with van der Waals surface area (Å²) in [6.45, 7) is 5.63. The molecule has 1 aliphatic heterocycles. The van der Waals surface area contributed by atoms with Gasteiger partial charge in [0.1, 0.15) is 5.69 Å². The van der Waals surface area contributed by atoms with E-state index in [0.29, 0.717) is 28.5 Å². The predicted octanol–water partition coefficient (Wildman–Crippen LogP) is 3.42. The molecule has 172 valence electrons.